The van der Waals surface area contributed by atoms with Crippen LogP contribution in [0.25, 0.3) is 0 Å². The van der Waals surface area contributed by atoms with Gasteiger partial charge < -0.3 is 9.47 Å². The van der Waals surface area contributed by atoms with Gasteiger partial charge in [-0.3, -0.25) is 25.0 Å². The Morgan fingerprint density at radius 3 is 2.06 bits per heavy atom. The monoisotopic (exact) mass is 456 g/mol. The highest BCUT2D eigenvalue weighted by Crippen LogP contribution is 2.34. The smallest absolute Gasteiger partial charge is 0.338 e. The molecule has 32 heavy (non-hydrogen) atoms. The normalized spacial score (nSPS) is 10.3. The molecule has 10 nitrogen and oxygen atoms in total. The quantitative estimate of drug-likeness (QED) is 0.200. The highest BCUT2D eigenvalue weighted by Gasteiger charge is 2.21. The zero-order valence-corrected chi connectivity index (χ0v) is 16.9. The summed E-state index contributed by atoms with van der Waals surface area (Å²) in [6, 6.07) is 14.5. The van der Waals surface area contributed by atoms with Crippen molar-refractivity contribution in [3.8, 4) is 11.5 Å². The van der Waals surface area contributed by atoms with E-state index < -0.39 is 39.6 Å². The van der Waals surface area contributed by atoms with Crippen molar-refractivity contribution in [2.75, 3.05) is 6.61 Å². The van der Waals surface area contributed by atoms with E-state index in [1.807, 2.05) is 0 Å². The van der Waals surface area contributed by atoms with E-state index in [4.69, 9.17) is 21.1 Å². The number of nitrogens with zero attached hydrogens (tertiary/aromatic N) is 2. The first-order chi connectivity index (χ1) is 15.2. The molecule has 0 heterocycles. The Morgan fingerprint density at radius 2 is 1.47 bits per heavy atom. The summed E-state index contributed by atoms with van der Waals surface area (Å²) in [6.07, 6.45) is 0. The number of nitro groups is 2. The summed E-state index contributed by atoms with van der Waals surface area (Å²) in [7, 11) is 0. The van der Waals surface area contributed by atoms with E-state index >= 15 is 0 Å². The van der Waals surface area contributed by atoms with Gasteiger partial charge in [0, 0.05) is 16.7 Å². The molecule has 3 rings (SSSR count). The van der Waals surface area contributed by atoms with Crippen molar-refractivity contribution in [2.24, 2.45) is 0 Å². The van der Waals surface area contributed by atoms with Gasteiger partial charge in [0.25, 0.3) is 5.69 Å². The van der Waals surface area contributed by atoms with Gasteiger partial charge in [0.1, 0.15) is 5.75 Å². The summed E-state index contributed by atoms with van der Waals surface area (Å²) in [5, 5.41) is 22.5. The Bertz CT molecular complexity index is 1190. The van der Waals surface area contributed by atoms with Gasteiger partial charge in [0.2, 0.25) is 5.75 Å². The predicted octanol–water partition coefficient (Wildman–Crippen LogP) is 4.99. The third-order valence-corrected chi connectivity index (χ3v) is 4.42. The van der Waals surface area contributed by atoms with Crippen LogP contribution in [-0.2, 0) is 4.74 Å². The number of rotatable bonds is 8. The van der Waals surface area contributed by atoms with Crippen LogP contribution in [0.2, 0.25) is 5.02 Å². The van der Waals surface area contributed by atoms with Crippen molar-refractivity contribution in [3.63, 3.8) is 0 Å². The number of carbonyl (C=O) groups excluding carboxylic acids is 2. The molecule has 0 radical (unpaired) electrons. The molecule has 0 saturated carbocycles. The maximum Gasteiger partial charge on any atom is 0.338 e. The molecule has 0 aliphatic carbocycles. The van der Waals surface area contributed by atoms with Crippen molar-refractivity contribution < 1.29 is 28.9 Å². The molecule has 0 atom stereocenters. The van der Waals surface area contributed by atoms with Crippen LogP contribution in [0, 0.1) is 20.2 Å². The molecule has 0 aliphatic rings. The molecule has 11 heteroatoms. The summed E-state index contributed by atoms with van der Waals surface area (Å²) in [4.78, 5) is 44.7. The van der Waals surface area contributed by atoms with Gasteiger partial charge in [0.15, 0.2) is 12.4 Å². The van der Waals surface area contributed by atoms with E-state index in [0.29, 0.717) is 10.6 Å². The molecular weight excluding hydrogens is 444 g/mol. The summed E-state index contributed by atoms with van der Waals surface area (Å²) in [5.74, 6) is -1.21. The van der Waals surface area contributed by atoms with Crippen LogP contribution >= 0.6 is 11.6 Å². The lowest BCUT2D eigenvalue weighted by Crippen LogP contribution is -2.14. The molecule has 0 spiro atoms. The van der Waals surface area contributed by atoms with Gasteiger partial charge in [-0.25, -0.2) is 4.79 Å². The predicted molar refractivity (Wildman–Crippen MR) is 112 cm³/mol. The van der Waals surface area contributed by atoms with Crippen LogP contribution in [0.15, 0.2) is 66.7 Å². The standard InChI is InChI=1S/C21H13ClN2O8/c22-15-5-1-13(2-6-15)19(25)12-31-21(26)14-3-8-17(9-4-14)32-20-10-7-16(23(27)28)11-18(20)24(29)30/h1-11H,12H2. The number of halogens is 1. The lowest BCUT2D eigenvalue weighted by molar-refractivity contribution is -0.394. The van der Waals surface area contributed by atoms with Gasteiger partial charge in [0.05, 0.1) is 21.5 Å². The van der Waals surface area contributed by atoms with Gasteiger partial charge in [-0.15, -0.1) is 0 Å². The van der Waals surface area contributed by atoms with Crippen LogP contribution in [0.5, 0.6) is 11.5 Å². The average molecular weight is 457 g/mol. The molecule has 0 aromatic heterocycles. The SMILES string of the molecule is O=C(COC(=O)c1ccc(Oc2ccc([N+](=O)[O-])cc2[N+](=O)[O-])cc1)c1ccc(Cl)cc1. The van der Waals surface area contributed by atoms with Crippen molar-refractivity contribution in [1.82, 2.24) is 0 Å². The maximum atomic E-state index is 12.2. The highest BCUT2D eigenvalue weighted by atomic mass is 35.5. The molecule has 162 valence electrons. The molecule has 0 aliphatic heterocycles. The van der Waals surface area contributed by atoms with Crippen LogP contribution in [0.1, 0.15) is 20.7 Å². The number of ketones is 1. The molecule has 0 amide bonds. The van der Waals surface area contributed by atoms with Gasteiger partial charge in [-0.2, -0.15) is 0 Å². The summed E-state index contributed by atoms with van der Waals surface area (Å²) < 4.78 is 10.4. The van der Waals surface area contributed by atoms with E-state index in [9.17, 15) is 29.8 Å². The maximum absolute atomic E-state index is 12.2. The number of hydrogen-bond acceptors (Lipinski definition) is 8. The average Bonchev–Trinajstić information content (AvgIpc) is 2.78. The topological polar surface area (TPSA) is 139 Å². The Kier molecular flexibility index (Phi) is 6.76. The minimum absolute atomic E-state index is 0.124. The van der Waals surface area contributed by atoms with Crippen molar-refractivity contribution in [2.45, 2.75) is 0 Å². The number of hydrogen-bond donors (Lipinski definition) is 0. The van der Waals surface area contributed by atoms with Crippen molar-refractivity contribution in [3.05, 3.63) is 103 Å². The molecule has 3 aromatic rings. The molecule has 0 unspecified atom stereocenters. The number of Topliss-reactive ketones (excluding diaryl/α,β-unsaturated/α-hetero) is 1. The Morgan fingerprint density at radius 1 is 0.844 bits per heavy atom. The van der Waals surface area contributed by atoms with E-state index in [0.717, 1.165) is 18.2 Å². The summed E-state index contributed by atoms with van der Waals surface area (Å²) in [5.41, 5.74) is -0.561. The first-order valence-corrected chi connectivity index (χ1v) is 9.29. The lowest BCUT2D eigenvalue weighted by atomic mass is 10.1. The lowest BCUT2D eigenvalue weighted by Gasteiger charge is -2.08. The highest BCUT2D eigenvalue weighted by molar-refractivity contribution is 6.30. The van der Waals surface area contributed by atoms with Gasteiger partial charge >= 0.3 is 11.7 Å². The first-order valence-electron chi connectivity index (χ1n) is 8.91. The molecule has 3 aromatic carbocycles. The fourth-order valence-corrected chi connectivity index (χ4v) is 2.69. The van der Waals surface area contributed by atoms with Gasteiger partial charge in [-0.1, -0.05) is 11.6 Å². The van der Waals surface area contributed by atoms with E-state index in [2.05, 4.69) is 0 Å². The zero-order chi connectivity index (χ0) is 23.3. The Balaban J connectivity index is 1.65. The third-order valence-electron chi connectivity index (χ3n) is 4.17. The summed E-state index contributed by atoms with van der Waals surface area (Å²) in [6.45, 7) is -0.465. The molecule has 0 fully saturated rings. The van der Waals surface area contributed by atoms with E-state index in [1.165, 1.54) is 36.4 Å². The number of nitro benzene ring substituents is 2. The van der Waals surface area contributed by atoms with Crippen LogP contribution < -0.4 is 4.74 Å². The number of non-ortho nitro benzene ring substituents is 1. The van der Waals surface area contributed by atoms with Crippen LogP contribution in [0.3, 0.4) is 0 Å². The number of carbonyl (C=O) groups is 2. The number of benzene rings is 3. The molecular formula is C21H13ClN2O8. The molecule has 0 bridgehead atoms. The van der Waals surface area contributed by atoms with Crippen molar-refractivity contribution >= 4 is 34.7 Å². The number of esters is 1. The third kappa shape index (κ3) is 5.43. The van der Waals surface area contributed by atoms with Gasteiger partial charge in [-0.05, 0) is 54.6 Å². The fraction of sp³-hybridized carbons (Fsp3) is 0.0476. The molecule has 0 saturated heterocycles. The Labute approximate surface area is 185 Å². The largest absolute Gasteiger partial charge is 0.454 e. The first kappa shape index (κ1) is 22.4. The van der Waals surface area contributed by atoms with Crippen LogP contribution in [-0.4, -0.2) is 28.2 Å². The minimum atomic E-state index is -0.800. The molecule has 0 N–H and O–H groups in total. The fourth-order valence-electron chi connectivity index (χ4n) is 2.57. The Hall–Kier alpha value is -4.31. The van der Waals surface area contributed by atoms with Crippen molar-refractivity contribution in [1.29, 1.82) is 0 Å². The second kappa shape index (κ2) is 9.67. The zero-order valence-electron chi connectivity index (χ0n) is 16.1. The second-order valence-corrected chi connectivity index (χ2v) is 6.74. The minimum Gasteiger partial charge on any atom is -0.454 e. The van der Waals surface area contributed by atoms with E-state index in [-0.39, 0.29) is 17.1 Å². The number of ether oxygens (including phenoxy) is 2. The second-order valence-electron chi connectivity index (χ2n) is 6.30. The summed E-state index contributed by atoms with van der Waals surface area (Å²) >= 11 is 5.76. The van der Waals surface area contributed by atoms with E-state index in [1.54, 1.807) is 12.1 Å². The van der Waals surface area contributed by atoms with Crippen LogP contribution in [0.4, 0.5) is 11.4 Å².